The fraction of sp³-hybridized carbons (Fsp3) is 0.143. The quantitative estimate of drug-likeness (QED) is 0.788. The molecule has 0 aromatic carbocycles. The zero-order valence-electron chi connectivity index (χ0n) is 6.88. The summed E-state index contributed by atoms with van der Waals surface area (Å²) < 4.78 is 10.5. The van der Waals surface area contributed by atoms with Crippen molar-refractivity contribution < 1.29 is 14.3 Å². The zero-order valence-corrected chi connectivity index (χ0v) is 8.39. The zero-order chi connectivity index (χ0) is 11.1. The molecule has 14 heavy (non-hydrogen) atoms. The molecule has 4 nitrogen and oxygen atoms in total. The Balaban J connectivity index is 0.000000292. The van der Waals surface area contributed by atoms with E-state index in [0.29, 0.717) is 15.7 Å². The highest BCUT2D eigenvalue weighted by Crippen LogP contribution is 2.24. The monoisotopic (exact) mass is 240 g/mol. The van der Waals surface area contributed by atoms with E-state index in [4.69, 9.17) is 38.8 Å². The minimum absolute atomic E-state index is 0.383. The third kappa shape index (κ3) is 4.84. The van der Waals surface area contributed by atoms with Crippen molar-refractivity contribution in [1.82, 2.24) is 4.98 Å². The van der Waals surface area contributed by atoms with Crippen LogP contribution in [-0.4, -0.2) is 22.7 Å². The second kappa shape index (κ2) is 6.39. The van der Waals surface area contributed by atoms with Gasteiger partial charge in [-0.05, 0) is 0 Å². The first-order valence-electron chi connectivity index (χ1n) is 3.31. The van der Waals surface area contributed by atoms with Gasteiger partial charge in [-0.1, -0.05) is 23.2 Å². The molecule has 7 heteroatoms. The number of carboxylic acid groups (broad SMARTS) is 1. The Morgan fingerprint density at radius 3 is 2.07 bits per heavy atom. The average molecular weight is 241 g/mol. The van der Waals surface area contributed by atoms with Gasteiger partial charge >= 0.3 is 5.97 Å². The summed E-state index contributed by atoms with van der Waals surface area (Å²) in [6.07, 6.45) is 2.89. The van der Waals surface area contributed by atoms with Crippen LogP contribution in [0.1, 0.15) is 0 Å². The van der Waals surface area contributed by atoms with Gasteiger partial charge in [-0.2, -0.15) is 0 Å². The summed E-state index contributed by atoms with van der Waals surface area (Å²) in [6, 6.07) is 0. The van der Waals surface area contributed by atoms with Crippen LogP contribution >= 0.6 is 23.2 Å². The van der Waals surface area contributed by atoms with E-state index in [1.165, 1.54) is 12.4 Å². The number of pyridine rings is 1. The van der Waals surface area contributed by atoms with Gasteiger partial charge in [-0.15, -0.1) is 0 Å². The molecule has 1 aromatic rings. The van der Waals surface area contributed by atoms with E-state index in [1.54, 1.807) is 0 Å². The highest BCUT2D eigenvalue weighted by atomic mass is 35.5. The first kappa shape index (κ1) is 12.9. The van der Waals surface area contributed by atoms with Crippen molar-refractivity contribution in [2.45, 2.75) is 0 Å². The summed E-state index contributed by atoms with van der Waals surface area (Å²) >= 11 is 11.1. The summed E-state index contributed by atoms with van der Waals surface area (Å²) in [5.41, 5.74) is 5.76. The van der Waals surface area contributed by atoms with Crippen LogP contribution in [0.15, 0.2) is 12.4 Å². The maximum Gasteiger partial charge on any atom is 0.335 e. The molecule has 0 aliphatic carbocycles. The summed E-state index contributed by atoms with van der Waals surface area (Å²) in [5.74, 6) is -1.41. The summed E-state index contributed by atoms with van der Waals surface area (Å²) in [4.78, 5) is 12.7. The number of aromatic nitrogens is 1. The molecule has 0 saturated carbocycles. The second-order valence-electron chi connectivity index (χ2n) is 2.04. The van der Waals surface area contributed by atoms with Crippen LogP contribution in [0.3, 0.4) is 0 Å². The van der Waals surface area contributed by atoms with Crippen LogP contribution < -0.4 is 5.73 Å². The number of carbonyl (C=O) groups is 1. The molecule has 0 atom stereocenters. The van der Waals surface area contributed by atoms with Gasteiger partial charge in [-0.3, -0.25) is 4.98 Å². The van der Waals surface area contributed by atoms with Crippen molar-refractivity contribution in [3.8, 4) is 0 Å². The van der Waals surface area contributed by atoms with Crippen LogP contribution in [-0.2, 0) is 4.79 Å². The van der Waals surface area contributed by atoms with E-state index >= 15 is 0 Å². The van der Waals surface area contributed by atoms with Gasteiger partial charge in [0.25, 0.3) is 0 Å². The van der Waals surface area contributed by atoms with E-state index in [2.05, 4.69) is 4.98 Å². The lowest BCUT2D eigenvalue weighted by molar-refractivity contribution is -0.137. The van der Waals surface area contributed by atoms with Crippen molar-refractivity contribution >= 4 is 34.9 Å². The van der Waals surface area contributed by atoms with Gasteiger partial charge in [0.1, 0.15) is 0 Å². The Morgan fingerprint density at radius 1 is 1.50 bits per heavy atom. The highest BCUT2D eigenvalue weighted by molar-refractivity contribution is 6.38. The smallest absolute Gasteiger partial charge is 0.335 e. The number of hydrogen-bond donors (Lipinski definition) is 2. The Hall–Kier alpha value is -1.07. The van der Waals surface area contributed by atoms with Crippen LogP contribution in [0.25, 0.3) is 0 Å². The van der Waals surface area contributed by atoms with Crippen molar-refractivity contribution in [3.05, 3.63) is 22.4 Å². The molecule has 0 unspecified atom stereocenters. The first-order valence-corrected chi connectivity index (χ1v) is 4.06. The summed E-state index contributed by atoms with van der Waals surface area (Å²) in [6.45, 7) is -1.28. The molecule has 78 valence electrons. The molecule has 1 aromatic heterocycles. The molecule has 0 aliphatic heterocycles. The summed E-state index contributed by atoms with van der Waals surface area (Å²) in [5, 5.41) is 8.13. The number of nitrogens with two attached hydrogens (primary N) is 1. The molecular formula is C7H7Cl2FN2O2. The van der Waals surface area contributed by atoms with Gasteiger partial charge in [0.15, 0.2) is 6.67 Å². The lowest BCUT2D eigenvalue weighted by Gasteiger charge is -1.96. The number of nitrogens with zero attached hydrogens (tertiary/aromatic N) is 1. The predicted molar refractivity (Wildman–Crippen MR) is 52.3 cm³/mol. The fourth-order valence-electron chi connectivity index (χ4n) is 0.421. The van der Waals surface area contributed by atoms with Crippen LogP contribution in [0.4, 0.5) is 10.1 Å². The number of anilines is 1. The van der Waals surface area contributed by atoms with Gasteiger partial charge in [0, 0.05) is 12.4 Å². The molecule has 0 saturated heterocycles. The van der Waals surface area contributed by atoms with E-state index in [-0.39, 0.29) is 0 Å². The van der Waals surface area contributed by atoms with E-state index < -0.39 is 12.6 Å². The second-order valence-corrected chi connectivity index (χ2v) is 2.86. The molecule has 0 aliphatic rings. The number of rotatable bonds is 1. The number of alkyl halides is 1. The Bertz CT molecular complexity index is 302. The molecule has 0 bridgehead atoms. The van der Waals surface area contributed by atoms with Crippen molar-refractivity contribution in [2.24, 2.45) is 0 Å². The largest absolute Gasteiger partial charge is 0.479 e. The normalized spacial score (nSPS) is 8.79. The third-order valence-corrected chi connectivity index (χ3v) is 1.61. The van der Waals surface area contributed by atoms with Gasteiger partial charge in [-0.25, -0.2) is 9.18 Å². The molecule has 0 amide bonds. The van der Waals surface area contributed by atoms with Gasteiger partial charge in [0.2, 0.25) is 0 Å². The summed E-state index contributed by atoms with van der Waals surface area (Å²) in [7, 11) is 0. The molecule has 0 fully saturated rings. The number of hydrogen-bond acceptors (Lipinski definition) is 3. The van der Waals surface area contributed by atoms with Crippen LogP contribution in [0, 0.1) is 0 Å². The van der Waals surface area contributed by atoms with Crippen LogP contribution in [0.2, 0.25) is 10.0 Å². The fourth-order valence-corrected chi connectivity index (χ4v) is 0.786. The molecular weight excluding hydrogens is 234 g/mol. The Kier molecular flexibility index (Phi) is 5.91. The Labute approximate surface area is 89.5 Å². The minimum atomic E-state index is -1.41. The first-order chi connectivity index (χ1) is 6.49. The van der Waals surface area contributed by atoms with Crippen molar-refractivity contribution in [2.75, 3.05) is 12.4 Å². The Morgan fingerprint density at radius 2 is 1.86 bits per heavy atom. The highest BCUT2D eigenvalue weighted by Gasteiger charge is 1.98. The van der Waals surface area contributed by atoms with E-state index in [1.807, 2.05) is 0 Å². The van der Waals surface area contributed by atoms with E-state index in [9.17, 15) is 4.39 Å². The SMILES string of the molecule is Nc1c(Cl)cncc1Cl.O=C(O)CF. The lowest BCUT2D eigenvalue weighted by Crippen LogP contribution is -1.93. The average Bonchev–Trinajstić information content (AvgIpc) is 2.15. The minimum Gasteiger partial charge on any atom is -0.479 e. The molecule has 1 rings (SSSR count). The molecule has 3 N–H and O–H groups in total. The standard InChI is InChI=1S/C5H4Cl2N2.C2H3FO2/c6-3-1-9-2-4(7)5(3)8;3-1-2(4)5/h1-2H,(H2,8,9);1H2,(H,4,5). The maximum atomic E-state index is 10.5. The van der Waals surface area contributed by atoms with Crippen molar-refractivity contribution in [3.63, 3.8) is 0 Å². The number of aliphatic carboxylic acids is 1. The van der Waals surface area contributed by atoms with Crippen molar-refractivity contribution in [1.29, 1.82) is 0 Å². The van der Waals surface area contributed by atoms with Gasteiger partial charge in [0.05, 0.1) is 15.7 Å². The van der Waals surface area contributed by atoms with Crippen LogP contribution in [0.5, 0.6) is 0 Å². The predicted octanol–water partition coefficient (Wildman–Crippen LogP) is 2.01. The lowest BCUT2D eigenvalue weighted by atomic mass is 10.4. The number of halogens is 3. The topological polar surface area (TPSA) is 76.2 Å². The van der Waals surface area contributed by atoms with E-state index in [0.717, 1.165) is 0 Å². The maximum absolute atomic E-state index is 10.5. The third-order valence-electron chi connectivity index (χ3n) is 1.00. The number of carboxylic acids is 1. The van der Waals surface area contributed by atoms with Gasteiger partial charge < -0.3 is 10.8 Å². The molecule has 1 heterocycles. The molecule has 0 spiro atoms. The molecule has 0 radical (unpaired) electrons. The number of nitrogen functional groups attached to an aromatic ring is 1.